The van der Waals surface area contributed by atoms with Crippen molar-refractivity contribution in [3.63, 3.8) is 0 Å². The summed E-state index contributed by atoms with van der Waals surface area (Å²) in [4.78, 5) is 14.5. The zero-order valence-corrected chi connectivity index (χ0v) is 14.3. The van der Waals surface area contributed by atoms with Gasteiger partial charge in [-0.2, -0.15) is 0 Å². The van der Waals surface area contributed by atoms with E-state index in [0.29, 0.717) is 10.9 Å². The summed E-state index contributed by atoms with van der Waals surface area (Å²) in [6.07, 6.45) is 1.23. The van der Waals surface area contributed by atoms with Gasteiger partial charge in [-0.15, -0.1) is 0 Å². The molecule has 2 unspecified atom stereocenters. The molecule has 0 spiro atoms. The summed E-state index contributed by atoms with van der Waals surface area (Å²) in [6, 6.07) is 7.40. The van der Waals surface area contributed by atoms with E-state index in [9.17, 15) is 9.90 Å². The van der Waals surface area contributed by atoms with Crippen molar-refractivity contribution in [2.45, 2.75) is 25.9 Å². The highest BCUT2D eigenvalue weighted by atomic mass is 35.5. The van der Waals surface area contributed by atoms with E-state index in [1.165, 1.54) is 0 Å². The Morgan fingerprint density at radius 2 is 1.83 bits per heavy atom. The molecule has 0 bridgehead atoms. The first-order valence-corrected chi connectivity index (χ1v) is 8.87. The van der Waals surface area contributed by atoms with Crippen LogP contribution in [0.4, 0.5) is 0 Å². The molecule has 23 heavy (non-hydrogen) atoms. The molecule has 2 saturated heterocycles. The van der Waals surface area contributed by atoms with Gasteiger partial charge >= 0.3 is 0 Å². The van der Waals surface area contributed by atoms with E-state index >= 15 is 0 Å². The summed E-state index contributed by atoms with van der Waals surface area (Å²) in [5.41, 5.74) is 0.910. The van der Waals surface area contributed by atoms with E-state index < -0.39 is 6.10 Å². The van der Waals surface area contributed by atoms with Crippen LogP contribution in [-0.4, -0.2) is 42.1 Å². The third kappa shape index (κ3) is 3.70. The Hall–Kier alpha value is -1.10. The number of carbonyl (C=O) groups excluding carboxylic acids is 1. The molecule has 0 saturated carbocycles. The van der Waals surface area contributed by atoms with Gasteiger partial charge in [0.2, 0.25) is 5.91 Å². The number of amides is 1. The summed E-state index contributed by atoms with van der Waals surface area (Å²) in [7, 11) is 0. The summed E-state index contributed by atoms with van der Waals surface area (Å²) in [5.74, 6) is 1.07. The second kappa shape index (κ2) is 7.20. The van der Waals surface area contributed by atoms with Crippen LogP contribution in [-0.2, 0) is 4.79 Å². The molecule has 5 heteroatoms. The van der Waals surface area contributed by atoms with Crippen molar-refractivity contribution in [3.05, 3.63) is 34.9 Å². The van der Waals surface area contributed by atoms with E-state index in [1.807, 2.05) is 36.1 Å². The Kier molecular flexibility index (Phi) is 5.24. The number of aliphatic hydroxyl groups excluding tert-OH is 1. The van der Waals surface area contributed by atoms with Crippen LogP contribution < -0.4 is 5.32 Å². The number of benzene rings is 1. The quantitative estimate of drug-likeness (QED) is 0.888. The van der Waals surface area contributed by atoms with Crippen LogP contribution in [0.15, 0.2) is 24.3 Å². The highest BCUT2D eigenvalue weighted by molar-refractivity contribution is 6.30. The number of nitrogens with zero attached hydrogens (tertiary/aromatic N) is 1. The molecule has 1 aromatic rings. The average molecular weight is 337 g/mol. The van der Waals surface area contributed by atoms with Gasteiger partial charge in [0.15, 0.2) is 0 Å². The average Bonchev–Trinajstić information content (AvgIpc) is 2.53. The topological polar surface area (TPSA) is 52.6 Å². The number of halogens is 1. The fourth-order valence-corrected chi connectivity index (χ4v) is 3.65. The van der Waals surface area contributed by atoms with Crippen molar-refractivity contribution in [2.75, 3.05) is 26.2 Å². The van der Waals surface area contributed by atoms with Crippen LogP contribution in [0.5, 0.6) is 0 Å². The molecule has 0 aromatic heterocycles. The van der Waals surface area contributed by atoms with E-state index in [1.54, 1.807) is 0 Å². The minimum Gasteiger partial charge on any atom is -0.388 e. The van der Waals surface area contributed by atoms with Gasteiger partial charge in [0.25, 0.3) is 0 Å². The number of likely N-dealkylation sites (tertiary alicyclic amines) is 1. The number of nitrogens with one attached hydrogen (secondary N) is 1. The predicted octanol–water partition coefficient (Wildman–Crippen LogP) is 2.47. The lowest BCUT2D eigenvalue weighted by molar-refractivity contribution is -0.139. The molecule has 3 rings (SSSR count). The summed E-state index contributed by atoms with van der Waals surface area (Å²) >= 11 is 5.90. The molecule has 2 N–H and O–H groups in total. The fraction of sp³-hybridized carbons (Fsp3) is 0.611. The third-order valence-corrected chi connectivity index (χ3v) is 5.67. The molecule has 1 amide bonds. The van der Waals surface area contributed by atoms with Crippen molar-refractivity contribution >= 4 is 17.5 Å². The maximum atomic E-state index is 12.5. The second-order valence-corrected chi connectivity index (χ2v) is 7.30. The molecular weight excluding hydrogens is 312 g/mol. The van der Waals surface area contributed by atoms with Crippen molar-refractivity contribution in [3.8, 4) is 0 Å². The lowest BCUT2D eigenvalue weighted by Crippen LogP contribution is -2.51. The summed E-state index contributed by atoms with van der Waals surface area (Å²) < 4.78 is 0. The Bertz CT molecular complexity index is 536. The van der Waals surface area contributed by atoms with Crippen LogP contribution in [0.3, 0.4) is 0 Å². The number of hydrogen-bond donors (Lipinski definition) is 2. The maximum Gasteiger partial charge on any atom is 0.225 e. The molecule has 2 atom stereocenters. The summed E-state index contributed by atoms with van der Waals surface area (Å²) in [6.45, 7) is 5.46. The van der Waals surface area contributed by atoms with Crippen LogP contribution in [0, 0.1) is 17.8 Å². The van der Waals surface area contributed by atoms with Gasteiger partial charge in [-0.3, -0.25) is 4.79 Å². The molecule has 126 valence electrons. The van der Waals surface area contributed by atoms with E-state index in [-0.39, 0.29) is 17.7 Å². The van der Waals surface area contributed by atoms with Gasteiger partial charge in [0.1, 0.15) is 0 Å². The number of aliphatic hydroxyl groups is 1. The van der Waals surface area contributed by atoms with Gasteiger partial charge in [-0.25, -0.2) is 0 Å². The van der Waals surface area contributed by atoms with Crippen LogP contribution in [0.1, 0.15) is 31.4 Å². The van der Waals surface area contributed by atoms with E-state index in [0.717, 1.165) is 44.6 Å². The Balaban J connectivity index is 1.53. The first kappa shape index (κ1) is 16.7. The minimum absolute atomic E-state index is 0.106. The standard InChI is InChI=1S/C18H25ClN2O2/c1-12(15-10-20-11-15)18(23)21-8-6-14(7-9-21)17(22)13-2-4-16(19)5-3-13/h2-5,12,14-15,17,20,22H,6-11H2,1H3. The molecular formula is C18H25ClN2O2. The third-order valence-electron chi connectivity index (χ3n) is 5.42. The highest BCUT2D eigenvalue weighted by Crippen LogP contribution is 2.32. The highest BCUT2D eigenvalue weighted by Gasteiger charge is 2.34. The molecule has 1 aromatic carbocycles. The number of piperidine rings is 1. The van der Waals surface area contributed by atoms with Gasteiger partial charge in [-0.1, -0.05) is 30.7 Å². The number of rotatable bonds is 4. The molecule has 0 aliphatic carbocycles. The smallest absolute Gasteiger partial charge is 0.225 e. The zero-order valence-electron chi connectivity index (χ0n) is 13.5. The zero-order chi connectivity index (χ0) is 16.4. The first-order chi connectivity index (χ1) is 11.1. The minimum atomic E-state index is -0.474. The lowest BCUT2D eigenvalue weighted by atomic mass is 9.85. The number of hydrogen-bond acceptors (Lipinski definition) is 3. The van der Waals surface area contributed by atoms with Crippen molar-refractivity contribution in [2.24, 2.45) is 17.8 Å². The van der Waals surface area contributed by atoms with Crippen molar-refractivity contribution in [1.82, 2.24) is 10.2 Å². The van der Waals surface area contributed by atoms with Gasteiger partial charge in [0.05, 0.1) is 6.10 Å². The Labute approximate surface area is 142 Å². The Morgan fingerprint density at radius 3 is 2.35 bits per heavy atom. The van der Waals surface area contributed by atoms with Gasteiger partial charge in [0, 0.05) is 24.0 Å². The fourth-order valence-electron chi connectivity index (χ4n) is 3.52. The SMILES string of the molecule is CC(C(=O)N1CCC(C(O)c2ccc(Cl)cc2)CC1)C1CNC1. The molecule has 2 heterocycles. The normalized spacial score (nSPS) is 22.5. The molecule has 2 fully saturated rings. The molecule has 2 aliphatic rings. The first-order valence-electron chi connectivity index (χ1n) is 8.49. The second-order valence-electron chi connectivity index (χ2n) is 6.87. The van der Waals surface area contributed by atoms with Crippen LogP contribution in [0.2, 0.25) is 5.02 Å². The van der Waals surface area contributed by atoms with Gasteiger partial charge < -0.3 is 15.3 Å². The molecule has 4 nitrogen and oxygen atoms in total. The molecule has 2 aliphatic heterocycles. The monoisotopic (exact) mass is 336 g/mol. The summed E-state index contributed by atoms with van der Waals surface area (Å²) in [5, 5.41) is 14.5. The maximum absolute atomic E-state index is 12.5. The van der Waals surface area contributed by atoms with E-state index in [4.69, 9.17) is 11.6 Å². The molecule has 0 radical (unpaired) electrons. The lowest BCUT2D eigenvalue weighted by Gasteiger charge is -2.39. The predicted molar refractivity (Wildman–Crippen MR) is 91.2 cm³/mol. The van der Waals surface area contributed by atoms with E-state index in [2.05, 4.69) is 5.32 Å². The van der Waals surface area contributed by atoms with Gasteiger partial charge in [-0.05, 0) is 55.5 Å². The number of carbonyl (C=O) groups is 1. The largest absolute Gasteiger partial charge is 0.388 e. The van der Waals surface area contributed by atoms with Crippen LogP contribution in [0.25, 0.3) is 0 Å². The Morgan fingerprint density at radius 1 is 1.22 bits per heavy atom. The van der Waals surface area contributed by atoms with Crippen molar-refractivity contribution < 1.29 is 9.90 Å². The van der Waals surface area contributed by atoms with Crippen molar-refractivity contribution in [1.29, 1.82) is 0 Å². The van der Waals surface area contributed by atoms with Crippen LogP contribution >= 0.6 is 11.6 Å².